The van der Waals surface area contributed by atoms with E-state index in [0.717, 1.165) is 27.7 Å². The molecule has 0 unspecified atom stereocenters. The second kappa shape index (κ2) is 12.6. The molecule has 0 fully saturated rings. The lowest BCUT2D eigenvalue weighted by molar-refractivity contribution is -0.136. The molecule has 0 radical (unpaired) electrons. The van der Waals surface area contributed by atoms with Gasteiger partial charge in [0.2, 0.25) is 5.13 Å². The maximum Gasteiger partial charge on any atom is 0.343 e. The summed E-state index contributed by atoms with van der Waals surface area (Å²) < 4.78 is 11.1. The van der Waals surface area contributed by atoms with Gasteiger partial charge in [-0.25, -0.2) is 10.2 Å². The molecule has 1 heterocycles. The van der Waals surface area contributed by atoms with Gasteiger partial charge in [0.1, 0.15) is 16.5 Å². The van der Waals surface area contributed by atoms with Gasteiger partial charge in [-0.2, -0.15) is 5.10 Å². The Morgan fingerprint density at radius 3 is 2.41 bits per heavy atom. The monoisotopic (exact) mass is 565 g/mol. The fourth-order valence-corrected chi connectivity index (χ4v) is 4.59. The molecule has 11 heteroatoms. The summed E-state index contributed by atoms with van der Waals surface area (Å²) in [6.07, 6.45) is 1.33. The van der Waals surface area contributed by atoms with E-state index in [1.54, 1.807) is 30.3 Å². The Hall–Kier alpha value is -5.42. The molecule has 0 saturated carbocycles. The van der Waals surface area contributed by atoms with Gasteiger partial charge in [-0.1, -0.05) is 72.0 Å². The Morgan fingerprint density at radius 2 is 1.63 bits per heavy atom. The first kappa shape index (κ1) is 27.2. The standard InChI is InChI=1S/C30H23N5O5S/c1-2-39-22-15-12-21(13-16-22)29(38)40-25-17-14-19-8-6-7-11-23(19)24(25)18-31-33-27(37)26(36)32-30-35-34-28(41-30)20-9-4-3-5-10-20/h3-18H,2H2,1H3,(H,33,37)(H,32,35,36)/b31-18+. The summed E-state index contributed by atoms with van der Waals surface area (Å²) in [5.41, 5.74) is 3.83. The summed E-state index contributed by atoms with van der Waals surface area (Å²) in [6.45, 7) is 2.39. The number of fused-ring (bicyclic) bond motifs is 1. The summed E-state index contributed by atoms with van der Waals surface area (Å²) in [6, 6.07) is 26.8. The van der Waals surface area contributed by atoms with Crippen LogP contribution in [0.5, 0.6) is 11.5 Å². The van der Waals surface area contributed by atoms with Crippen molar-refractivity contribution in [3.63, 3.8) is 0 Å². The van der Waals surface area contributed by atoms with Crippen LogP contribution >= 0.6 is 11.3 Å². The van der Waals surface area contributed by atoms with Crippen molar-refractivity contribution in [1.82, 2.24) is 15.6 Å². The van der Waals surface area contributed by atoms with Gasteiger partial charge in [-0.3, -0.25) is 14.9 Å². The highest BCUT2D eigenvalue weighted by Crippen LogP contribution is 2.28. The third-order valence-electron chi connectivity index (χ3n) is 5.77. The lowest BCUT2D eigenvalue weighted by Gasteiger charge is -2.11. The van der Waals surface area contributed by atoms with Crippen LogP contribution < -0.4 is 20.2 Å². The lowest BCUT2D eigenvalue weighted by Crippen LogP contribution is -2.32. The number of benzene rings is 4. The molecule has 0 aliphatic heterocycles. The van der Waals surface area contributed by atoms with Gasteiger partial charge < -0.3 is 9.47 Å². The van der Waals surface area contributed by atoms with E-state index in [1.165, 1.54) is 6.21 Å². The molecule has 0 aliphatic rings. The minimum atomic E-state index is -1.01. The Kier molecular flexibility index (Phi) is 8.36. The predicted octanol–water partition coefficient (Wildman–Crippen LogP) is 5.07. The van der Waals surface area contributed by atoms with Crippen LogP contribution in [0.3, 0.4) is 0 Å². The highest BCUT2D eigenvalue weighted by molar-refractivity contribution is 7.18. The highest BCUT2D eigenvalue weighted by Gasteiger charge is 2.17. The maximum atomic E-state index is 12.9. The van der Waals surface area contributed by atoms with Gasteiger partial charge in [0.05, 0.1) is 18.4 Å². The summed E-state index contributed by atoms with van der Waals surface area (Å²) in [5.74, 6) is -1.67. The molecule has 2 N–H and O–H groups in total. The number of amides is 2. The number of nitrogens with zero attached hydrogens (tertiary/aromatic N) is 3. The van der Waals surface area contributed by atoms with E-state index in [2.05, 4.69) is 26.0 Å². The number of anilines is 1. The Labute approximate surface area is 238 Å². The number of ether oxygens (including phenoxy) is 2. The van der Waals surface area contributed by atoms with Crippen LogP contribution in [0.25, 0.3) is 21.3 Å². The van der Waals surface area contributed by atoms with Gasteiger partial charge >= 0.3 is 17.8 Å². The van der Waals surface area contributed by atoms with Crippen LogP contribution in [-0.2, 0) is 9.59 Å². The fraction of sp³-hybridized carbons (Fsp3) is 0.0667. The van der Waals surface area contributed by atoms with Crippen molar-refractivity contribution in [2.45, 2.75) is 6.92 Å². The number of nitrogens with one attached hydrogen (secondary N) is 2. The minimum Gasteiger partial charge on any atom is -0.494 e. The smallest absolute Gasteiger partial charge is 0.343 e. The number of rotatable bonds is 8. The molecule has 0 atom stereocenters. The third-order valence-corrected chi connectivity index (χ3v) is 6.65. The third kappa shape index (κ3) is 6.60. The first-order valence-corrected chi connectivity index (χ1v) is 13.3. The zero-order valence-corrected chi connectivity index (χ0v) is 22.6. The Morgan fingerprint density at radius 1 is 0.878 bits per heavy atom. The van der Waals surface area contributed by atoms with E-state index in [1.807, 2.05) is 67.6 Å². The number of hydrazone groups is 1. The van der Waals surface area contributed by atoms with E-state index in [0.29, 0.717) is 28.5 Å². The van der Waals surface area contributed by atoms with Crippen LogP contribution in [0.4, 0.5) is 5.13 Å². The zero-order valence-electron chi connectivity index (χ0n) is 21.7. The van der Waals surface area contributed by atoms with E-state index in [9.17, 15) is 14.4 Å². The Balaban J connectivity index is 1.29. The lowest BCUT2D eigenvalue weighted by atomic mass is 10.0. The molecule has 204 valence electrons. The molecule has 2 amide bonds. The molecule has 0 bridgehead atoms. The van der Waals surface area contributed by atoms with Crippen molar-refractivity contribution in [3.05, 3.63) is 102 Å². The van der Waals surface area contributed by atoms with Crippen molar-refractivity contribution < 1.29 is 23.9 Å². The van der Waals surface area contributed by atoms with E-state index < -0.39 is 17.8 Å². The summed E-state index contributed by atoms with van der Waals surface area (Å²) in [4.78, 5) is 37.7. The molecule has 0 aliphatic carbocycles. The van der Waals surface area contributed by atoms with Gasteiger partial charge in [0.25, 0.3) is 0 Å². The van der Waals surface area contributed by atoms with Crippen molar-refractivity contribution in [3.8, 4) is 22.1 Å². The van der Waals surface area contributed by atoms with Crippen molar-refractivity contribution >= 4 is 51.2 Å². The van der Waals surface area contributed by atoms with Gasteiger partial charge in [-0.15, -0.1) is 10.2 Å². The van der Waals surface area contributed by atoms with E-state index in [4.69, 9.17) is 9.47 Å². The first-order chi connectivity index (χ1) is 20.0. The number of aromatic nitrogens is 2. The molecule has 10 nitrogen and oxygen atoms in total. The second-order valence-electron chi connectivity index (χ2n) is 8.48. The molecule has 5 aromatic rings. The molecule has 1 aromatic heterocycles. The van der Waals surface area contributed by atoms with Crippen molar-refractivity contribution in [2.24, 2.45) is 5.10 Å². The predicted molar refractivity (Wildman–Crippen MR) is 156 cm³/mol. The first-order valence-electron chi connectivity index (χ1n) is 12.5. The molecular formula is C30H23N5O5S. The average Bonchev–Trinajstić information content (AvgIpc) is 3.47. The molecule has 0 saturated heterocycles. The summed E-state index contributed by atoms with van der Waals surface area (Å²) in [5, 5.41) is 16.7. The van der Waals surface area contributed by atoms with Crippen molar-refractivity contribution in [2.75, 3.05) is 11.9 Å². The number of esters is 1. The fourth-order valence-electron chi connectivity index (χ4n) is 3.84. The number of hydrogen-bond acceptors (Lipinski definition) is 9. The molecule has 5 rings (SSSR count). The van der Waals surface area contributed by atoms with Crippen LogP contribution in [0.2, 0.25) is 0 Å². The Bertz CT molecular complexity index is 1740. The van der Waals surface area contributed by atoms with E-state index in [-0.39, 0.29) is 10.9 Å². The normalized spacial score (nSPS) is 10.9. The molecule has 0 spiro atoms. The zero-order chi connectivity index (χ0) is 28.6. The van der Waals surface area contributed by atoms with Crippen LogP contribution in [-0.4, -0.2) is 40.8 Å². The molecular weight excluding hydrogens is 542 g/mol. The SMILES string of the molecule is CCOc1ccc(C(=O)Oc2ccc3ccccc3c2/C=N/NC(=O)C(=O)Nc2nnc(-c3ccccc3)s2)cc1. The van der Waals surface area contributed by atoms with Crippen LogP contribution in [0.15, 0.2) is 96.1 Å². The van der Waals surface area contributed by atoms with Gasteiger partial charge in [-0.05, 0) is 48.0 Å². The number of carbonyl (C=O) groups is 3. The van der Waals surface area contributed by atoms with E-state index >= 15 is 0 Å². The minimum absolute atomic E-state index is 0.172. The molecule has 41 heavy (non-hydrogen) atoms. The quantitative estimate of drug-likeness (QED) is 0.0883. The van der Waals surface area contributed by atoms with Crippen LogP contribution in [0.1, 0.15) is 22.8 Å². The summed E-state index contributed by atoms with van der Waals surface area (Å²) in [7, 11) is 0. The highest BCUT2D eigenvalue weighted by atomic mass is 32.1. The average molecular weight is 566 g/mol. The maximum absolute atomic E-state index is 12.9. The van der Waals surface area contributed by atoms with Gasteiger partial charge in [0.15, 0.2) is 0 Å². The topological polar surface area (TPSA) is 132 Å². The number of hydrogen-bond donors (Lipinski definition) is 2. The second-order valence-corrected chi connectivity index (χ2v) is 9.45. The van der Waals surface area contributed by atoms with Gasteiger partial charge in [0, 0.05) is 11.1 Å². The number of carbonyl (C=O) groups excluding carboxylic acids is 3. The summed E-state index contributed by atoms with van der Waals surface area (Å²) >= 11 is 1.13. The van der Waals surface area contributed by atoms with Crippen LogP contribution in [0, 0.1) is 0 Å². The largest absolute Gasteiger partial charge is 0.494 e. The van der Waals surface area contributed by atoms with Crippen molar-refractivity contribution in [1.29, 1.82) is 0 Å². The molecule has 4 aromatic carbocycles.